The molecule has 158 valence electrons. The lowest BCUT2D eigenvalue weighted by Crippen LogP contribution is -2.09. The van der Waals surface area contributed by atoms with Crippen molar-refractivity contribution in [1.82, 2.24) is 15.0 Å². The van der Waals surface area contributed by atoms with Crippen LogP contribution in [0.3, 0.4) is 0 Å². The molecule has 5 nitrogen and oxygen atoms in total. The first kappa shape index (κ1) is 20.5. The van der Waals surface area contributed by atoms with Crippen molar-refractivity contribution in [2.45, 2.75) is 0 Å². The van der Waals surface area contributed by atoms with Gasteiger partial charge in [0.05, 0.1) is 21.6 Å². The van der Waals surface area contributed by atoms with Crippen molar-refractivity contribution < 1.29 is 8.78 Å². The fraction of sp³-hybridized carbons (Fsp3) is 0. The summed E-state index contributed by atoms with van der Waals surface area (Å²) in [4.78, 5) is 24.4. The highest BCUT2D eigenvalue weighted by Crippen LogP contribution is 2.37. The Kier molecular flexibility index (Phi) is 5.11. The van der Waals surface area contributed by atoms with Crippen molar-refractivity contribution >= 4 is 60.7 Å². The van der Waals surface area contributed by atoms with Crippen LogP contribution < -0.4 is 10.9 Å². The second kappa shape index (κ2) is 7.96. The van der Waals surface area contributed by atoms with Crippen molar-refractivity contribution in [1.29, 1.82) is 0 Å². The van der Waals surface area contributed by atoms with Gasteiger partial charge < -0.3 is 10.3 Å². The summed E-state index contributed by atoms with van der Waals surface area (Å²) in [6.07, 6.45) is 4.86. The summed E-state index contributed by atoms with van der Waals surface area (Å²) in [6.45, 7) is 0. The number of rotatable bonds is 3. The van der Waals surface area contributed by atoms with Crippen molar-refractivity contribution in [3.63, 3.8) is 0 Å². The Morgan fingerprint density at radius 1 is 1.09 bits per heavy atom. The van der Waals surface area contributed by atoms with Gasteiger partial charge in [0.15, 0.2) is 5.82 Å². The van der Waals surface area contributed by atoms with E-state index in [1.54, 1.807) is 42.9 Å². The minimum absolute atomic E-state index is 0.114. The summed E-state index contributed by atoms with van der Waals surface area (Å²) >= 11 is 9.53. The number of aromatic amines is 1. The summed E-state index contributed by atoms with van der Waals surface area (Å²) < 4.78 is 28.8. The quantitative estimate of drug-likeness (QED) is 0.268. The van der Waals surface area contributed by atoms with E-state index in [1.165, 1.54) is 0 Å². The Morgan fingerprint density at radius 2 is 1.94 bits per heavy atom. The van der Waals surface area contributed by atoms with Crippen molar-refractivity contribution in [2.75, 3.05) is 5.32 Å². The topological polar surface area (TPSA) is 70.7 Å². The van der Waals surface area contributed by atoms with E-state index >= 15 is 0 Å². The number of nitrogens with one attached hydrogen (secondary N) is 2. The highest BCUT2D eigenvalue weighted by Gasteiger charge is 2.18. The Balaban J connectivity index is 1.86. The minimum Gasteiger partial charge on any atom is -0.336 e. The Hall–Kier alpha value is -3.36. The van der Waals surface area contributed by atoms with Gasteiger partial charge in [-0.2, -0.15) is 0 Å². The summed E-state index contributed by atoms with van der Waals surface area (Å²) in [5, 5.41) is 4.29. The fourth-order valence-electron chi connectivity index (χ4n) is 3.61. The largest absolute Gasteiger partial charge is 0.336 e. The van der Waals surface area contributed by atoms with Gasteiger partial charge >= 0.3 is 0 Å². The first-order valence-corrected chi connectivity index (χ1v) is 10.6. The number of hydrogen-bond acceptors (Lipinski definition) is 4. The summed E-state index contributed by atoms with van der Waals surface area (Å²) in [7, 11) is 0. The molecule has 0 atom stereocenters. The van der Waals surface area contributed by atoms with E-state index < -0.39 is 11.6 Å². The molecule has 3 heterocycles. The summed E-state index contributed by atoms with van der Waals surface area (Å²) in [6, 6.07) is 10.7. The number of H-pyrrole nitrogens is 1. The number of halogens is 4. The third kappa shape index (κ3) is 3.51. The molecule has 5 aromatic rings. The Morgan fingerprint density at radius 3 is 2.69 bits per heavy atom. The van der Waals surface area contributed by atoms with Gasteiger partial charge in [-0.25, -0.2) is 13.8 Å². The molecule has 0 unspecified atom stereocenters. The second-order valence-corrected chi connectivity index (χ2v) is 8.34. The van der Waals surface area contributed by atoms with Crippen LogP contribution in [0.25, 0.3) is 32.8 Å². The van der Waals surface area contributed by atoms with Crippen LogP contribution in [0, 0.1) is 11.6 Å². The van der Waals surface area contributed by atoms with Gasteiger partial charge in [0.2, 0.25) is 0 Å². The number of pyridine rings is 3. The molecule has 0 fully saturated rings. The lowest BCUT2D eigenvalue weighted by Gasteiger charge is -2.15. The van der Waals surface area contributed by atoms with Gasteiger partial charge in [0, 0.05) is 51.0 Å². The molecule has 32 heavy (non-hydrogen) atoms. The van der Waals surface area contributed by atoms with Crippen molar-refractivity contribution in [3.8, 4) is 11.1 Å². The normalized spacial score (nSPS) is 11.2. The maximum absolute atomic E-state index is 14.5. The highest BCUT2D eigenvalue weighted by molar-refractivity contribution is 9.10. The van der Waals surface area contributed by atoms with Crippen LogP contribution in [0.4, 0.5) is 20.3 Å². The molecular weight excluding hydrogens is 502 g/mol. The molecule has 0 spiro atoms. The standard InChI is InChI=1S/C23H12BrClF2N4O/c24-12-3-4-14-15(6-12)19-20(16(10-29-23(19)32)11-2-1-5-28-9-11)30-22(14)31-21-17(25)7-13(26)8-18(21)27/h1-10H,(H,29,32)(H,30,31). The first-order chi connectivity index (χ1) is 15.4. The molecule has 0 saturated heterocycles. The molecule has 0 amide bonds. The van der Waals surface area contributed by atoms with Gasteiger partial charge in [0.25, 0.3) is 5.56 Å². The maximum Gasteiger partial charge on any atom is 0.258 e. The molecule has 9 heteroatoms. The van der Waals surface area contributed by atoms with Gasteiger partial charge in [-0.1, -0.05) is 33.6 Å². The van der Waals surface area contributed by atoms with Gasteiger partial charge in [-0.05, 0) is 30.3 Å². The molecule has 0 bridgehead atoms. The van der Waals surface area contributed by atoms with Gasteiger partial charge in [-0.15, -0.1) is 0 Å². The van der Waals surface area contributed by atoms with Gasteiger partial charge in [0.1, 0.15) is 11.6 Å². The van der Waals surface area contributed by atoms with Crippen molar-refractivity contribution in [2.24, 2.45) is 0 Å². The number of nitrogens with zero attached hydrogens (tertiary/aromatic N) is 2. The molecule has 2 aromatic carbocycles. The first-order valence-electron chi connectivity index (χ1n) is 9.39. The van der Waals surface area contributed by atoms with E-state index in [-0.39, 0.29) is 22.1 Å². The molecule has 0 aliphatic heterocycles. The highest BCUT2D eigenvalue weighted by atomic mass is 79.9. The predicted molar refractivity (Wildman–Crippen MR) is 125 cm³/mol. The smallest absolute Gasteiger partial charge is 0.258 e. The number of aromatic nitrogens is 3. The number of benzene rings is 2. The molecule has 0 radical (unpaired) electrons. The van der Waals surface area contributed by atoms with Crippen molar-refractivity contribution in [3.05, 3.63) is 92.5 Å². The molecule has 0 aliphatic rings. The summed E-state index contributed by atoms with van der Waals surface area (Å²) in [5.41, 5.74) is 1.35. The van der Waals surface area contributed by atoms with Crippen LogP contribution in [0.5, 0.6) is 0 Å². The van der Waals surface area contributed by atoms with E-state index in [9.17, 15) is 13.6 Å². The minimum atomic E-state index is -0.861. The van der Waals surface area contributed by atoms with Crippen LogP contribution in [0.2, 0.25) is 5.02 Å². The van der Waals surface area contributed by atoms with E-state index in [0.29, 0.717) is 27.2 Å². The monoisotopic (exact) mass is 512 g/mol. The van der Waals surface area contributed by atoms with Crippen LogP contribution >= 0.6 is 27.5 Å². The van der Waals surface area contributed by atoms with E-state index in [4.69, 9.17) is 11.6 Å². The lowest BCUT2D eigenvalue weighted by molar-refractivity contribution is 0.586. The predicted octanol–water partition coefficient (Wildman–Crippen LogP) is 6.58. The zero-order valence-electron chi connectivity index (χ0n) is 16.1. The Labute approximate surface area is 193 Å². The van der Waals surface area contributed by atoms with E-state index in [0.717, 1.165) is 22.2 Å². The van der Waals surface area contributed by atoms with E-state index in [2.05, 4.69) is 36.2 Å². The molecule has 0 saturated carbocycles. The third-order valence-corrected chi connectivity index (χ3v) is 5.81. The number of fused-ring (bicyclic) bond motifs is 3. The van der Waals surface area contributed by atoms with E-state index in [1.807, 2.05) is 6.07 Å². The zero-order chi connectivity index (χ0) is 22.4. The fourth-order valence-corrected chi connectivity index (χ4v) is 4.21. The van der Waals surface area contributed by atoms with Crippen LogP contribution in [-0.2, 0) is 0 Å². The second-order valence-electron chi connectivity index (χ2n) is 7.02. The molecular formula is C23H12BrClF2N4O. The number of hydrogen-bond donors (Lipinski definition) is 2. The SMILES string of the molecule is O=c1[nH]cc(-c2cccnc2)c2nc(Nc3c(F)cc(F)cc3Cl)c3ccc(Br)cc3c12. The zero-order valence-corrected chi connectivity index (χ0v) is 18.4. The molecule has 3 aromatic heterocycles. The van der Waals surface area contributed by atoms with Crippen LogP contribution in [-0.4, -0.2) is 15.0 Å². The average Bonchev–Trinajstić information content (AvgIpc) is 2.76. The lowest BCUT2D eigenvalue weighted by atomic mass is 10.0. The van der Waals surface area contributed by atoms with Crippen LogP contribution in [0.1, 0.15) is 0 Å². The maximum atomic E-state index is 14.5. The molecule has 2 N–H and O–H groups in total. The molecule has 5 rings (SSSR count). The van der Waals surface area contributed by atoms with Crippen LogP contribution in [0.15, 0.2) is 70.3 Å². The average molecular weight is 514 g/mol. The summed E-state index contributed by atoms with van der Waals surface area (Å²) in [5.74, 6) is -1.38. The van der Waals surface area contributed by atoms with Gasteiger partial charge in [-0.3, -0.25) is 9.78 Å². The molecule has 0 aliphatic carbocycles. The third-order valence-electron chi connectivity index (χ3n) is 5.02. The number of anilines is 2. The Bertz CT molecular complexity index is 1550.